The molecule has 0 aliphatic carbocycles. The van der Waals surface area contributed by atoms with Gasteiger partial charge in [0.15, 0.2) is 0 Å². The van der Waals surface area contributed by atoms with Gasteiger partial charge < -0.3 is 20.5 Å². The van der Waals surface area contributed by atoms with Crippen LogP contribution in [0.25, 0.3) is 0 Å². The molecule has 0 radical (unpaired) electrons. The van der Waals surface area contributed by atoms with Crippen LogP contribution in [0.1, 0.15) is 23.2 Å². The highest BCUT2D eigenvalue weighted by Crippen LogP contribution is 2.24. The van der Waals surface area contributed by atoms with Crippen LogP contribution in [0.2, 0.25) is 5.02 Å². The maximum Gasteiger partial charge on any atom is 0.339 e. The number of benzene rings is 1. The molecule has 0 spiro atoms. The predicted molar refractivity (Wildman–Crippen MR) is 74.4 cm³/mol. The Hall–Kier alpha value is -1.79. The first-order valence-corrected chi connectivity index (χ1v) is 6.64. The third kappa shape index (κ3) is 3.61. The molecule has 108 valence electrons. The first-order valence-electron chi connectivity index (χ1n) is 6.26. The number of anilines is 1. The second-order valence-corrected chi connectivity index (χ2v) is 4.84. The topological polar surface area (TPSA) is 87.7 Å². The van der Waals surface area contributed by atoms with Gasteiger partial charge in [0.2, 0.25) is 0 Å². The average molecular weight is 299 g/mol. The van der Waals surface area contributed by atoms with Crippen molar-refractivity contribution in [2.45, 2.75) is 18.9 Å². The summed E-state index contributed by atoms with van der Waals surface area (Å²) < 4.78 is 5.38. The van der Waals surface area contributed by atoms with E-state index in [1.165, 1.54) is 12.1 Å². The third-order valence-corrected chi connectivity index (χ3v) is 3.30. The number of carboxylic acids is 1. The van der Waals surface area contributed by atoms with Gasteiger partial charge in [-0.15, -0.1) is 0 Å². The Labute approximate surface area is 121 Å². The number of rotatable bonds is 4. The van der Waals surface area contributed by atoms with Crippen molar-refractivity contribution in [1.82, 2.24) is 5.32 Å². The first-order chi connectivity index (χ1) is 9.58. The number of halogens is 1. The molecule has 1 atom stereocenters. The second kappa shape index (κ2) is 6.58. The Kier molecular flexibility index (Phi) is 4.81. The van der Waals surface area contributed by atoms with E-state index in [0.29, 0.717) is 13.2 Å². The molecule has 20 heavy (non-hydrogen) atoms. The van der Waals surface area contributed by atoms with Crippen LogP contribution in [0.15, 0.2) is 18.2 Å². The minimum Gasteiger partial charge on any atom is -0.478 e. The summed E-state index contributed by atoms with van der Waals surface area (Å²) in [6, 6.07) is 4.04. The molecule has 1 aromatic rings. The van der Waals surface area contributed by atoms with Crippen LogP contribution in [0.3, 0.4) is 0 Å². The molecule has 0 bridgehead atoms. The molecule has 1 fully saturated rings. The number of ether oxygens (including phenoxy) is 1. The molecule has 1 aliphatic rings. The van der Waals surface area contributed by atoms with Crippen LogP contribution in [0.4, 0.5) is 10.5 Å². The lowest BCUT2D eigenvalue weighted by molar-refractivity contribution is 0.0698. The Morgan fingerprint density at radius 1 is 1.45 bits per heavy atom. The van der Waals surface area contributed by atoms with Crippen molar-refractivity contribution >= 4 is 29.3 Å². The molecular formula is C13H15ClN2O4. The van der Waals surface area contributed by atoms with Gasteiger partial charge in [0, 0.05) is 13.2 Å². The summed E-state index contributed by atoms with van der Waals surface area (Å²) in [6.07, 6.45) is 1.93. The normalized spacial score (nSPS) is 17.8. The molecule has 0 aromatic heterocycles. The average Bonchev–Trinajstić information content (AvgIpc) is 2.89. The molecular weight excluding hydrogens is 284 g/mol. The van der Waals surface area contributed by atoms with Crippen molar-refractivity contribution in [3.8, 4) is 0 Å². The number of hydrogen-bond donors (Lipinski definition) is 3. The summed E-state index contributed by atoms with van der Waals surface area (Å²) in [4.78, 5) is 22.9. The molecule has 1 aliphatic heterocycles. The van der Waals surface area contributed by atoms with Crippen molar-refractivity contribution in [1.29, 1.82) is 0 Å². The summed E-state index contributed by atoms with van der Waals surface area (Å²) >= 11 is 5.82. The second-order valence-electron chi connectivity index (χ2n) is 4.44. The summed E-state index contributed by atoms with van der Waals surface area (Å²) in [5.74, 6) is -1.19. The van der Waals surface area contributed by atoms with Crippen molar-refractivity contribution in [2.24, 2.45) is 0 Å². The molecule has 1 heterocycles. The minimum atomic E-state index is -1.19. The maximum atomic E-state index is 11.7. The lowest BCUT2D eigenvalue weighted by Crippen LogP contribution is -2.35. The van der Waals surface area contributed by atoms with Crippen LogP contribution in [-0.2, 0) is 4.74 Å². The van der Waals surface area contributed by atoms with Gasteiger partial charge in [-0.3, -0.25) is 0 Å². The fraction of sp³-hybridized carbons (Fsp3) is 0.385. The highest BCUT2D eigenvalue weighted by molar-refractivity contribution is 6.34. The van der Waals surface area contributed by atoms with Crippen LogP contribution < -0.4 is 10.6 Å². The van der Waals surface area contributed by atoms with Gasteiger partial charge in [0.1, 0.15) is 5.56 Å². The SMILES string of the molecule is O=C(NCC1CCCO1)Nc1cccc(Cl)c1C(=O)O. The zero-order valence-corrected chi connectivity index (χ0v) is 11.4. The molecule has 2 rings (SSSR count). The Bertz CT molecular complexity index is 515. The van der Waals surface area contributed by atoms with Gasteiger partial charge in [-0.2, -0.15) is 0 Å². The molecule has 0 saturated carbocycles. The van der Waals surface area contributed by atoms with Crippen LogP contribution in [0.5, 0.6) is 0 Å². The fourth-order valence-corrected chi connectivity index (χ4v) is 2.28. The van der Waals surface area contributed by atoms with E-state index in [1.54, 1.807) is 6.07 Å². The van der Waals surface area contributed by atoms with Crippen molar-refractivity contribution < 1.29 is 19.4 Å². The quantitative estimate of drug-likeness (QED) is 0.796. The molecule has 3 N–H and O–H groups in total. The van der Waals surface area contributed by atoms with Gasteiger partial charge in [0.05, 0.1) is 16.8 Å². The van der Waals surface area contributed by atoms with E-state index in [9.17, 15) is 9.59 Å². The van der Waals surface area contributed by atoms with Gasteiger partial charge in [-0.05, 0) is 25.0 Å². The zero-order chi connectivity index (χ0) is 14.5. The number of urea groups is 1. The zero-order valence-electron chi connectivity index (χ0n) is 10.7. The standard InChI is InChI=1S/C13H15ClN2O4/c14-9-4-1-5-10(11(9)12(17)18)16-13(19)15-7-8-3-2-6-20-8/h1,4-5,8H,2-3,6-7H2,(H,17,18)(H2,15,16,19). The van der Waals surface area contributed by atoms with Gasteiger partial charge in [0.25, 0.3) is 0 Å². The van der Waals surface area contributed by atoms with E-state index in [4.69, 9.17) is 21.4 Å². The largest absolute Gasteiger partial charge is 0.478 e. The number of aromatic carboxylic acids is 1. The number of carboxylic acid groups (broad SMARTS) is 1. The van der Waals surface area contributed by atoms with Crippen LogP contribution in [0, 0.1) is 0 Å². The van der Waals surface area contributed by atoms with Crippen molar-refractivity contribution in [2.75, 3.05) is 18.5 Å². The summed E-state index contributed by atoms with van der Waals surface area (Å²) in [5.41, 5.74) is 0.0382. The highest BCUT2D eigenvalue weighted by Gasteiger charge is 2.18. The smallest absolute Gasteiger partial charge is 0.339 e. The van der Waals surface area contributed by atoms with Crippen LogP contribution in [-0.4, -0.2) is 36.4 Å². The lowest BCUT2D eigenvalue weighted by atomic mass is 10.2. The van der Waals surface area contributed by atoms with E-state index in [0.717, 1.165) is 12.8 Å². The van der Waals surface area contributed by atoms with Gasteiger partial charge in [-0.1, -0.05) is 17.7 Å². The fourth-order valence-electron chi connectivity index (χ4n) is 2.02. The summed E-state index contributed by atoms with van der Waals surface area (Å²) in [6.45, 7) is 1.11. The van der Waals surface area contributed by atoms with Crippen LogP contribution >= 0.6 is 11.6 Å². The number of hydrogen-bond acceptors (Lipinski definition) is 3. The van der Waals surface area contributed by atoms with Crippen molar-refractivity contribution in [3.05, 3.63) is 28.8 Å². The van der Waals surface area contributed by atoms with E-state index in [1.807, 2.05) is 0 Å². The monoisotopic (exact) mass is 298 g/mol. The third-order valence-electron chi connectivity index (χ3n) is 2.99. The van der Waals surface area contributed by atoms with Crippen molar-refractivity contribution in [3.63, 3.8) is 0 Å². The number of amides is 2. The molecule has 7 heteroatoms. The number of nitrogens with one attached hydrogen (secondary N) is 2. The molecule has 2 amide bonds. The van der Waals surface area contributed by atoms with E-state index >= 15 is 0 Å². The Balaban J connectivity index is 1.96. The molecule has 1 saturated heterocycles. The molecule has 1 aromatic carbocycles. The van der Waals surface area contributed by atoms with Gasteiger partial charge >= 0.3 is 12.0 Å². The minimum absolute atomic E-state index is 0.0269. The summed E-state index contributed by atoms with van der Waals surface area (Å²) in [5, 5.41) is 14.3. The van der Waals surface area contributed by atoms with E-state index in [-0.39, 0.29) is 22.4 Å². The first kappa shape index (κ1) is 14.6. The Morgan fingerprint density at radius 2 is 2.25 bits per heavy atom. The maximum absolute atomic E-state index is 11.7. The van der Waals surface area contributed by atoms with E-state index in [2.05, 4.69) is 10.6 Å². The van der Waals surface area contributed by atoms with Gasteiger partial charge in [-0.25, -0.2) is 9.59 Å². The Morgan fingerprint density at radius 3 is 2.90 bits per heavy atom. The molecule has 1 unspecified atom stereocenters. The lowest BCUT2D eigenvalue weighted by Gasteiger charge is -2.13. The molecule has 6 nitrogen and oxygen atoms in total. The number of carbonyl (C=O) groups is 2. The number of carbonyl (C=O) groups excluding carboxylic acids is 1. The predicted octanol–water partition coefficient (Wildman–Crippen LogP) is 2.34. The summed E-state index contributed by atoms with van der Waals surface area (Å²) in [7, 11) is 0. The highest BCUT2D eigenvalue weighted by atomic mass is 35.5. The van der Waals surface area contributed by atoms with E-state index < -0.39 is 12.0 Å².